The van der Waals surface area contributed by atoms with E-state index >= 15 is 0 Å². The number of carbonyl (C=O) groups excluding carboxylic acids is 1. The van der Waals surface area contributed by atoms with Gasteiger partial charge in [0.05, 0.1) is 0 Å². The van der Waals surface area contributed by atoms with Gasteiger partial charge in [0.15, 0.2) is 0 Å². The number of hydrogen-bond acceptors (Lipinski definition) is 2. The second-order valence-electron chi connectivity index (χ2n) is 7.71. The molecule has 3 aliphatic rings. The first-order chi connectivity index (χ1) is 10.7. The highest BCUT2D eigenvalue weighted by Crippen LogP contribution is 2.61. The third-order valence-electron chi connectivity index (χ3n) is 6.85. The minimum atomic E-state index is 0.0182. The van der Waals surface area contributed by atoms with Crippen LogP contribution >= 0.6 is 0 Å². The van der Waals surface area contributed by atoms with Gasteiger partial charge in [-0.2, -0.15) is 0 Å². The molecule has 0 amide bonds. The number of phenols is 1. The number of aryl methyl sites for hydroxylation is 1. The number of benzene rings is 1. The molecule has 118 valence electrons. The van der Waals surface area contributed by atoms with Crippen molar-refractivity contribution in [2.75, 3.05) is 0 Å². The van der Waals surface area contributed by atoms with Crippen molar-refractivity contribution in [2.45, 2.75) is 64.2 Å². The lowest BCUT2D eigenvalue weighted by molar-refractivity contribution is -0.131. The lowest BCUT2D eigenvalue weighted by Crippen LogP contribution is -2.44. The van der Waals surface area contributed by atoms with E-state index in [1.54, 1.807) is 0 Å². The van der Waals surface area contributed by atoms with E-state index in [9.17, 15) is 9.90 Å². The van der Waals surface area contributed by atoms with Crippen LogP contribution in [0.1, 0.15) is 68.9 Å². The maximum Gasteiger partial charge on any atom is 0.139 e. The minimum Gasteiger partial charge on any atom is -0.508 e. The summed E-state index contributed by atoms with van der Waals surface area (Å²) in [6.45, 7) is 2.22. The van der Waals surface area contributed by atoms with Gasteiger partial charge < -0.3 is 5.11 Å². The summed E-state index contributed by atoms with van der Waals surface area (Å²) < 4.78 is 0. The molecular formula is C20H26O2. The molecule has 0 aliphatic heterocycles. The molecule has 4 rings (SSSR count). The predicted octanol–water partition coefficient (Wildman–Crippen LogP) is 4.60. The van der Waals surface area contributed by atoms with Crippen molar-refractivity contribution in [1.82, 2.24) is 0 Å². The van der Waals surface area contributed by atoms with Gasteiger partial charge in [0.1, 0.15) is 11.5 Å². The van der Waals surface area contributed by atoms with Gasteiger partial charge in [0.25, 0.3) is 0 Å². The van der Waals surface area contributed by atoms with Crippen LogP contribution in [0.25, 0.3) is 0 Å². The SMILES string of the molecule is CCCC12CC[C@@H]3c4ccc(O)cc4CC[C@H]3[C@@H]1CCC2=O. The Morgan fingerprint density at radius 3 is 2.91 bits per heavy atom. The first-order valence-corrected chi connectivity index (χ1v) is 9.01. The molecule has 2 heteroatoms. The summed E-state index contributed by atoms with van der Waals surface area (Å²) in [6, 6.07) is 5.94. The normalized spacial score (nSPS) is 36.6. The Labute approximate surface area is 132 Å². The van der Waals surface area contributed by atoms with Crippen LogP contribution < -0.4 is 0 Å². The van der Waals surface area contributed by atoms with Gasteiger partial charge in [-0.1, -0.05) is 19.4 Å². The molecule has 0 aromatic heterocycles. The summed E-state index contributed by atoms with van der Waals surface area (Å²) >= 11 is 0. The number of Topliss-reactive ketones (excluding diaryl/α,β-unsaturated/α-hetero) is 1. The highest BCUT2D eigenvalue weighted by molar-refractivity contribution is 5.87. The number of fused-ring (bicyclic) bond motifs is 5. The molecule has 0 spiro atoms. The monoisotopic (exact) mass is 298 g/mol. The number of phenolic OH excluding ortho intramolecular Hbond substituents is 1. The second kappa shape index (κ2) is 5.11. The van der Waals surface area contributed by atoms with E-state index in [0.29, 0.717) is 29.3 Å². The van der Waals surface area contributed by atoms with Crippen molar-refractivity contribution in [2.24, 2.45) is 17.3 Å². The van der Waals surface area contributed by atoms with Crippen LogP contribution in [0, 0.1) is 17.3 Å². The Balaban J connectivity index is 1.70. The third kappa shape index (κ3) is 1.89. The Kier molecular flexibility index (Phi) is 3.32. The average molecular weight is 298 g/mol. The molecular weight excluding hydrogens is 272 g/mol. The molecule has 1 N–H and O–H groups in total. The van der Waals surface area contributed by atoms with Crippen molar-refractivity contribution in [3.8, 4) is 5.75 Å². The van der Waals surface area contributed by atoms with Crippen molar-refractivity contribution in [1.29, 1.82) is 0 Å². The Bertz CT molecular complexity index is 606. The lowest BCUT2D eigenvalue weighted by atomic mass is 9.54. The van der Waals surface area contributed by atoms with Gasteiger partial charge in [0, 0.05) is 11.8 Å². The fraction of sp³-hybridized carbons (Fsp3) is 0.650. The molecule has 0 radical (unpaired) electrons. The maximum absolute atomic E-state index is 12.7. The molecule has 22 heavy (non-hydrogen) atoms. The van der Waals surface area contributed by atoms with E-state index in [-0.39, 0.29) is 5.41 Å². The summed E-state index contributed by atoms with van der Waals surface area (Å²) in [7, 11) is 0. The van der Waals surface area contributed by atoms with Gasteiger partial charge in [-0.15, -0.1) is 0 Å². The number of ketones is 1. The van der Waals surface area contributed by atoms with Gasteiger partial charge >= 0.3 is 0 Å². The van der Waals surface area contributed by atoms with E-state index in [1.807, 2.05) is 12.1 Å². The quantitative estimate of drug-likeness (QED) is 0.866. The Morgan fingerprint density at radius 1 is 1.23 bits per heavy atom. The van der Waals surface area contributed by atoms with Crippen LogP contribution in [0.15, 0.2) is 18.2 Å². The van der Waals surface area contributed by atoms with Crippen molar-refractivity contribution in [3.05, 3.63) is 29.3 Å². The summed E-state index contributed by atoms with van der Waals surface area (Å²) in [5.74, 6) is 2.87. The first-order valence-electron chi connectivity index (χ1n) is 9.01. The van der Waals surface area contributed by atoms with Gasteiger partial charge in [-0.05, 0) is 79.5 Å². The summed E-state index contributed by atoms with van der Waals surface area (Å²) in [5.41, 5.74) is 2.82. The summed E-state index contributed by atoms with van der Waals surface area (Å²) in [4.78, 5) is 12.7. The molecule has 1 aromatic rings. The fourth-order valence-electron chi connectivity index (χ4n) is 6.05. The van der Waals surface area contributed by atoms with Crippen molar-refractivity contribution >= 4 is 5.78 Å². The van der Waals surface area contributed by atoms with E-state index < -0.39 is 0 Å². The van der Waals surface area contributed by atoms with E-state index in [2.05, 4.69) is 13.0 Å². The van der Waals surface area contributed by atoms with Gasteiger partial charge in [0.2, 0.25) is 0 Å². The maximum atomic E-state index is 12.7. The lowest BCUT2D eigenvalue weighted by Gasteiger charge is -2.49. The minimum absolute atomic E-state index is 0.0182. The largest absolute Gasteiger partial charge is 0.508 e. The average Bonchev–Trinajstić information content (AvgIpc) is 2.84. The van der Waals surface area contributed by atoms with Crippen molar-refractivity contribution < 1.29 is 9.90 Å². The molecule has 3 aliphatic carbocycles. The first kappa shape index (κ1) is 14.3. The zero-order chi connectivity index (χ0) is 15.3. The smallest absolute Gasteiger partial charge is 0.139 e. The molecule has 0 saturated heterocycles. The van der Waals surface area contributed by atoms with Crippen LogP contribution in [0.3, 0.4) is 0 Å². The molecule has 1 unspecified atom stereocenters. The van der Waals surface area contributed by atoms with E-state index in [1.165, 1.54) is 17.5 Å². The van der Waals surface area contributed by atoms with Crippen molar-refractivity contribution in [3.63, 3.8) is 0 Å². The fourth-order valence-corrected chi connectivity index (χ4v) is 6.05. The molecule has 2 nitrogen and oxygen atoms in total. The molecule has 1 aromatic carbocycles. The summed E-state index contributed by atoms with van der Waals surface area (Å²) in [5, 5.41) is 9.74. The van der Waals surface area contributed by atoms with E-state index in [4.69, 9.17) is 0 Å². The predicted molar refractivity (Wildman–Crippen MR) is 87.0 cm³/mol. The standard InChI is InChI=1S/C20H26O2/c1-2-10-20-11-9-16-15-6-4-14(21)12-13(15)3-5-17(16)18(20)7-8-19(20)22/h4,6,12,16-18,21H,2-3,5,7-11H2,1H3/t16-,17-,18+,20?/m1/s1. The van der Waals surface area contributed by atoms with Crippen LogP contribution in [0.4, 0.5) is 0 Å². The summed E-state index contributed by atoms with van der Waals surface area (Å²) in [6.07, 6.45) is 8.68. The zero-order valence-electron chi connectivity index (χ0n) is 13.5. The van der Waals surface area contributed by atoms with Crippen LogP contribution in [0.2, 0.25) is 0 Å². The van der Waals surface area contributed by atoms with Gasteiger partial charge in [-0.25, -0.2) is 0 Å². The molecule has 2 fully saturated rings. The van der Waals surface area contributed by atoms with E-state index in [0.717, 1.165) is 44.9 Å². The second-order valence-corrected chi connectivity index (χ2v) is 7.71. The molecule has 0 heterocycles. The number of aromatic hydroxyl groups is 1. The third-order valence-corrected chi connectivity index (χ3v) is 6.85. The van der Waals surface area contributed by atoms with Crippen LogP contribution in [-0.4, -0.2) is 10.9 Å². The van der Waals surface area contributed by atoms with Crippen LogP contribution in [0.5, 0.6) is 5.75 Å². The number of rotatable bonds is 2. The van der Waals surface area contributed by atoms with Crippen LogP contribution in [-0.2, 0) is 11.2 Å². The molecule has 2 saturated carbocycles. The highest BCUT2D eigenvalue weighted by Gasteiger charge is 2.56. The zero-order valence-corrected chi connectivity index (χ0v) is 13.5. The molecule has 4 atom stereocenters. The Morgan fingerprint density at radius 2 is 2.09 bits per heavy atom. The number of carbonyl (C=O) groups is 1. The number of hydrogen-bond donors (Lipinski definition) is 1. The van der Waals surface area contributed by atoms with Gasteiger partial charge in [-0.3, -0.25) is 4.79 Å². The molecule has 0 bridgehead atoms. The highest BCUT2D eigenvalue weighted by atomic mass is 16.3. The topological polar surface area (TPSA) is 37.3 Å². The Hall–Kier alpha value is -1.31.